The molecular weight excluding hydrogens is 282 g/mol. The molecule has 112 valence electrons. The maximum atomic E-state index is 12.0. The third-order valence-corrected chi connectivity index (χ3v) is 2.64. The normalized spacial score (nSPS) is 10.7. The Morgan fingerprint density at radius 2 is 2.05 bits per heavy atom. The zero-order chi connectivity index (χ0) is 15.2. The molecule has 0 saturated carbocycles. The van der Waals surface area contributed by atoms with Gasteiger partial charge in [0.15, 0.2) is 0 Å². The number of aromatic amines is 1. The van der Waals surface area contributed by atoms with Crippen molar-refractivity contribution in [3.8, 4) is 5.75 Å². The largest absolute Gasteiger partial charge is 0.461 e. The van der Waals surface area contributed by atoms with Crippen LogP contribution in [0.5, 0.6) is 5.75 Å². The average Bonchev–Trinajstić information content (AvgIpc) is 2.89. The summed E-state index contributed by atoms with van der Waals surface area (Å²) in [6, 6.07) is 6.22. The highest BCUT2D eigenvalue weighted by Gasteiger charge is 2.11. The van der Waals surface area contributed by atoms with Gasteiger partial charge in [0, 0.05) is 6.42 Å². The molecular formula is C14H14F2N2O3. The molecule has 0 spiro atoms. The monoisotopic (exact) mass is 296 g/mol. The lowest BCUT2D eigenvalue weighted by Gasteiger charge is -2.05. The van der Waals surface area contributed by atoms with Crippen molar-refractivity contribution in [2.24, 2.45) is 0 Å². The lowest BCUT2D eigenvalue weighted by Crippen LogP contribution is -2.05. The van der Waals surface area contributed by atoms with E-state index in [0.717, 1.165) is 5.56 Å². The van der Waals surface area contributed by atoms with E-state index in [9.17, 15) is 13.6 Å². The number of esters is 1. The minimum atomic E-state index is -2.84. The first kappa shape index (κ1) is 15.0. The number of benzene rings is 1. The van der Waals surface area contributed by atoms with Gasteiger partial charge in [0.2, 0.25) is 0 Å². The number of halogens is 2. The molecule has 0 aliphatic rings. The lowest BCUT2D eigenvalue weighted by molar-refractivity contribution is -0.0498. The Balaban J connectivity index is 2.00. The van der Waals surface area contributed by atoms with Gasteiger partial charge >= 0.3 is 12.6 Å². The molecule has 0 aliphatic carbocycles. The van der Waals surface area contributed by atoms with E-state index in [0.29, 0.717) is 18.9 Å². The molecule has 21 heavy (non-hydrogen) atoms. The number of aromatic nitrogens is 2. The third kappa shape index (κ3) is 4.27. The van der Waals surface area contributed by atoms with Crippen LogP contribution in [-0.4, -0.2) is 29.2 Å². The Morgan fingerprint density at radius 3 is 2.67 bits per heavy atom. The van der Waals surface area contributed by atoms with Gasteiger partial charge in [0.05, 0.1) is 12.8 Å². The summed E-state index contributed by atoms with van der Waals surface area (Å²) in [5, 5.41) is 0. The number of carbonyl (C=O) groups excluding carboxylic acids is 1. The molecule has 0 aliphatic heterocycles. The van der Waals surface area contributed by atoms with Crippen LogP contribution < -0.4 is 4.74 Å². The van der Waals surface area contributed by atoms with Gasteiger partial charge in [-0.3, -0.25) is 0 Å². The van der Waals surface area contributed by atoms with Crippen LogP contribution in [0.25, 0.3) is 0 Å². The number of alkyl halides is 2. The van der Waals surface area contributed by atoms with Crippen LogP contribution >= 0.6 is 0 Å². The molecule has 2 aromatic rings. The summed E-state index contributed by atoms with van der Waals surface area (Å²) in [6.07, 6.45) is 1.84. The van der Waals surface area contributed by atoms with Gasteiger partial charge in [-0.1, -0.05) is 12.1 Å². The van der Waals surface area contributed by atoms with E-state index in [1.165, 1.54) is 18.3 Å². The molecule has 1 N–H and O–H groups in total. The molecule has 1 aromatic heterocycles. The molecule has 0 fully saturated rings. The average molecular weight is 296 g/mol. The van der Waals surface area contributed by atoms with E-state index < -0.39 is 12.6 Å². The molecule has 5 nitrogen and oxygen atoms in total. The van der Waals surface area contributed by atoms with Crippen LogP contribution in [0.1, 0.15) is 28.8 Å². The summed E-state index contributed by atoms with van der Waals surface area (Å²) in [5.41, 5.74) is 1.13. The topological polar surface area (TPSA) is 64.2 Å². The van der Waals surface area contributed by atoms with Crippen LogP contribution in [-0.2, 0) is 11.2 Å². The van der Waals surface area contributed by atoms with Crippen molar-refractivity contribution in [3.05, 3.63) is 47.5 Å². The van der Waals surface area contributed by atoms with E-state index in [4.69, 9.17) is 4.74 Å². The van der Waals surface area contributed by atoms with Crippen molar-refractivity contribution in [1.82, 2.24) is 9.97 Å². The highest BCUT2D eigenvalue weighted by atomic mass is 19.3. The summed E-state index contributed by atoms with van der Waals surface area (Å²) < 4.78 is 33.2. The van der Waals surface area contributed by atoms with Gasteiger partial charge < -0.3 is 14.5 Å². The van der Waals surface area contributed by atoms with Gasteiger partial charge in [0.1, 0.15) is 17.3 Å². The van der Waals surface area contributed by atoms with Crippen LogP contribution in [0.15, 0.2) is 30.5 Å². The fourth-order valence-corrected chi connectivity index (χ4v) is 1.75. The second kappa shape index (κ2) is 6.83. The molecule has 0 atom stereocenters. The van der Waals surface area contributed by atoms with Crippen LogP contribution in [0, 0.1) is 0 Å². The zero-order valence-electron chi connectivity index (χ0n) is 11.3. The molecule has 0 bridgehead atoms. The Bertz CT molecular complexity index is 597. The minimum absolute atomic E-state index is 0.0976. The summed E-state index contributed by atoms with van der Waals surface area (Å²) >= 11 is 0. The van der Waals surface area contributed by atoms with Gasteiger partial charge in [-0.05, 0) is 24.6 Å². The van der Waals surface area contributed by atoms with Crippen molar-refractivity contribution in [2.45, 2.75) is 20.0 Å². The maximum Gasteiger partial charge on any atom is 0.387 e. The fraction of sp³-hybridized carbons (Fsp3) is 0.286. The van der Waals surface area contributed by atoms with Crippen molar-refractivity contribution in [3.63, 3.8) is 0 Å². The molecule has 0 saturated heterocycles. The van der Waals surface area contributed by atoms with Crippen LogP contribution in [0.3, 0.4) is 0 Å². The first-order valence-electron chi connectivity index (χ1n) is 6.33. The van der Waals surface area contributed by atoms with E-state index >= 15 is 0 Å². The predicted octanol–water partition coefficient (Wildman–Crippen LogP) is 2.78. The standard InChI is InChI=1S/C14H14F2N2O3/c1-2-20-13(19)11-8-17-12(18-11)7-9-3-5-10(6-4-9)21-14(15)16/h3-6,8,14H,2,7H2,1H3,(H,17,18). The number of imidazole rings is 1. The summed E-state index contributed by atoms with van der Waals surface area (Å²) in [5.74, 6) is 0.220. The summed E-state index contributed by atoms with van der Waals surface area (Å²) in [7, 11) is 0. The number of nitrogens with one attached hydrogen (secondary N) is 1. The van der Waals surface area contributed by atoms with Gasteiger partial charge in [-0.15, -0.1) is 0 Å². The molecule has 0 unspecified atom stereocenters. The van der Waals surface area contributed by atoms with E-state index in [1.54, 1.807) is 19.1 Å². The zero-order valence-corrected chi connectivity index (χ0v) is 11.3. The molecule has 7 heteroatoms. The van der Waals surface area contributed by atoms with Crippen molar-refractivity contribution >= 4 is 5.97 Å². The highest BCUT2D eigenvalue weighted by molar-refractivity contribution is 5.86. The number of H-pyrrole nitrogens is 1. The second-order valence-corrected chi connectivity index (χ2v) is 4.16. The maximum absolute atomic E-state index is 12.0. The Hall–Kier alpha value is -2.44. The molecule has 1 heterocycles. The number of nitrogens with zero attached hydrogens (tertiary/aromatic N) is 1. The predicted molar refractivity (Wildman–Crippen MR) is 70.4 cm³/mol. The highest BCUT2D eigenvalue weighted by Crippen LogP contribution is 2.16. The number of hydrogen-bond acceptors (Lipinski definition) is 4. The smallest absolute Gasteiger partial charge is 0.387 e. The van der Waals surface area contributed by atoms with E-state index in [-0.39, 0.29) is 11.4 Å². The van der Waals surface area contributed by atoms with E-state index in [2.05, 4.69) is 14.7 Å². The van der Waals surface area contributed by atoms with Crippen molar-refractivity contribution < 1.29 is 23.0 Å². The van der Waals surface area contributed by atoms with Crippen LogP contribution in [0.4, 0.5) is 8.78 Å². The molecule has 0 amide bonds. The minimum Gasteiger partial charge on any atom is -0.461 e. The third-order valence-electron chi connectivity index (χ3n) is 2.64. The quantitative estimate of drug-likeness (QED) is 0.833. The molecule has 0 radical (unpaired) electrons. The van der Waals surface area contributed by atoms with E-state index in [1.807, 2.05) is 0 Å². The summed E-state index contributed by atoms with van der Waals surface area (Å²) in [6.45, 7) is -0.829. The van der Waals surface area contributed by atoms with Crippen LogP contribution in [0.2, 0.25) is 0 Å². The van der Waals surface area contributed by atoms with Crippen molar-refractivity contribution in [2.75, 3.05) is 6.61 Å². The first-order chi connectivity index (χ1) is 10.1. The van der Waals surface area contributed by atoms with Gasteiger partial charge in [-0.2, -0.15) is 8.78 Å². The van der Waals surface area contributed by atoms with Gasteiger partial charge in [0.25, 0.3) is 0 Å². The summed E-state index contributed by atoms with van der Waals surface area (Å²) in [4.78, 5) is 18.4. The second-order valence-electron chi connectivity index (χ2n) is 4.16. The number of ether oxygens (including phenoxy) is 2. The lowest BCUT2D eigenvalue weighted by atomic mass is 10.1. The fourth-order valence-electron chi connectivity index (χ4n) is 1.75. The Kier molecular flexibility index (Phi) is 4.86. The first-order valence-corrected chi connectivity index (χ1v) is 6.33. The molecule has 2 rings (SSSR count). The number of rotatable bonds is 6. The Labute approximate surface area is 119 Å². The number of carbonyl (C=O) groups is 1. The van der Waals surface area contributed by atoms with Crippen molar-refractivity contribution in [1.29, 1.82) is 0 Å². The number of hydrogen-bond donors (Lipinski definition) is 1. The van der Waals surface area contributed by atoms with Gasteiger partial charge in [-0.25, -0.2) is 9.78 Å². The SMILES string of the molecule is CCOC(=O)c1cnc(Cc2ccc(OC(F)F)cc2)[nH]1. The molecule has 1 aromatic carbocycles. The Morgan fingerprint density at radius 1 is 1.33 bits per heavy atom.